The molecule has 0 aromatic heterocycles. The maximum atomic E-state index is 9.47. The molecule has 0 radical (unpaired) electrons. The van der Waals surface area contributed by atoms with E-state index in [0.717, 1.165) is 6.61 Å². The number of rotatable bonds is 0. The molecule has 0 aromatic rings. The number of aliphatic hydroxyl groups is 1. The summed E-state index contributed by atoms with van der Waals surface area (Å²) in [6.07, 6.45) is 5.34. The van der Waals surface area contributed by atoms with Gasteiger partial charge >= 0.3 is 0 Å². The minimum atomic E-state index is -0.472. The number of allylic oxidation sites excluding steroid dienone is 2. The van der Waals surface area contributed by atoms with Crippen molar-refractivity contribution < 1.29 is 9.84 Å². The van der Waals surface area contributed by atoms with Gasteiger partial charge in [-0.2, -0.15) is 0 Å². The molecule has 60 valence electrons. The topological polar surface area (TPSA) is 29.5 Å². The van der Waals surface area contributed by atoms with E-state index in [9.17, 15) is 5.11 Å². The summed E-state index contributed by atoms with van der Waals surface area (Å²) < 4.78 is 5.22. The van der Waals surface area contributed by atoms with Crippen LogP contribution in [0.5, 0.6) is 0 Å². The van der Waals surface area contributed by atoms with E-state index in [2.05, 4.69) is 12.2 Å². The lowest BCUT2D eigenvalue weighted by Crippen LogP contribution is -2.23. The Balaban J connectivity index is 1.97. The molecule has 3 aliphatic rings. The molecular weight excluding hydrogens is 140 g/mol. The average Bonchev–Trinajstić information content (AvgIpc) is 2.60. The summed E-state index contributed by atoms with van der Waals surface area (Å²) in [5.74, 6) is 2.37. The molecule has 2 aliphatic carbocycles. The van der Waals surface area contributed by atoms with Gasteiger partial charge in [0.25, 0.3) is 0 Å². The highest BCUT2D eigenvalue weighted by molar-refractivity contribution is 5.15. The molecule has 1 N–H and O–H groups in total. The number of ether oxygens (including phenoxy) is 1. The van der Waals surface area contributed by atoms with Gasteiger partial charge in [0, 0.05) is 5.92 Å². The van der Waals surface area contributed by atoms with Crippen LogP contribution in [0.2, 0.25) is 0 Å². The van der Waals surface area contributed by atoms with Crippen molar-refractivity contribution >= 4 is 0 Å². The Morgan fingerprint density at radius 1 is 1.27 bits per heavy atom. The van der Waals surface area contributed by atoms with Crippen molar-refractivity contribution in [2.75, 3.05) is 6.61 Å². The van der Waals surface area contributed by atoms with Gasteiger partial charge in [0.15, 0.2) is 6.29 Å². The second-order valence-electron chi connectivity index (χ2n) is 3.91. The summed E-state index contributed by atoms with van der Waals surface area (Å²) in [6, 6.07) is 0. The Morgan fingerprint density at radius 3 is 2.91 bits per heavy atom. The second-order valence-corrected chi connectivity index (χ2v) is 3.91. The molecule has 2 nitrogen and oxygen atoms in total. The minimum absolute atomic E-state index is 0.421. The van der Waals surface area contributed by atoms with Crippen molar-refractivity contribution in [3.63, 3.8) is 0 Å². The van der Waals surface area contributed by atoms with Crippen LogP contribution in [0.1, 0.15) is 6.42 Å². The van der Waals surface area contributed by atoms with E-state index in [1.54, 1.807) is 0 Å². The molecule has 0 aromatic carbocycles. The fraction of sp³-hybridized carbons (Fsp3) is 0.778. The summed E-state index contributed by atoms with van der Waals surface area (Å²) in [5, 5.41) is 9.47. The summed E-state index contributed by atoms with van der Waals surface area (Å²) in [4.78, 5) is 0. The molecule has 0 amide bonds. The Labute approximate surface area is 65.9 Å². The highest BCUT2D eigenvalue weighted by Gasteiger charge is 2.51. The first-order valence-corrected chi connectivity index (χ1v) is 4.34. The first-order chi connectivity index (χ1) is 5.36. The normalized spacial score (nSPS) is 58.8. The molecule has 1 saturated heterocycles. The summed E-state index contributed by atoms with van der Waals surface area (Å²) >= 11 is 0. The van der Waals surface area contributed by atoms with Crippen molar-refractivity contribution in [3.05, 3.63) is 12.2 Å². The van der Waals surface area contributed by atoms with Gasteiger partial charge in [-0.15, -0.1) is 0 Å². The third-order valence-corrected chi connectivity index (χ3v) is 3.48. The maximum Gasteiger partial charge on any atom is 0.158 e. The molecule has 11 heavy (non-hydrogen) atoms. The molecule has 0 unspecified atom stereocenters. The Hall–Kier alpha value is -0.340. The summed E-state index contributed by atoms with van der Waals surface area (Å²) in [6.45, 7) is 0.775. The van der Waals surface area contributed by atoms with Gasteiger partial charge in [-0.25, -0.2) is 0 Å². The fourth-order valence-corrected chi connectivity index (χ4v) is 2.94. The van der Waals surface area contributed by atoms with Crippen molar-refractivity contribution in [1.29, 1.82) is 0 Å². The molecule has 5 atom stereocenters. The van der Waals surface area contributed by atoms with Gasteiger partial charge < -0.3 is 9.84 Å². The summed E-state index contributed by atoms with van der Waals surface area (Å²) in [7, 11) is 0. The smallest absolute Gasteiger partial charge is 0.158 e. The monoisotopic (exact) mass is 152 g/mol. The molecular formula is C9H12O2. The van der Waals surface area contributed by atoms with Crippen LogP contribution < -0.4 is 0 Å². The summed E-state index contributed by atoms with van der Waals surface area (Å²) in [5.41, 5.74) is 0. The van der Waals surface area contributed by atoms with E-state index >= 15 is 0 Å². The molecule has 2 heteroatoms. The Morgan fingerprint density at radius 2 is 2.09 bits per heavy atom. The minimum Gasteiger partial charge on any atom is -0.368 e. The van der Waals surface area contributed by atoms with Crippen LogP contribution in [0.4, 0.5) is 0 Å². The zero-order valence-electron chi connectivity index (χ0n) is 6.31. The van der Waals surface area contributed by atoms with E-state index in [4.69, 9.17) is 4.74 Å². The van der Waals surface area contributed by atoms with E-state index in [0.29, 0.717) is 23.7 Å². The van der Waals surface area contributed by atoms with E-state index in [-0.39, 0.29) is 0 Å². The number of fused-ring (bicyclic) bond motifs is 5. The van der Waals surface area contributed by atoms with E-state index < -0.39 is 6.29 Å². The van der Waals surface area contributed by atoms with Gasteiger partial charge in [0.05, 0.1) is 6.61 Å². The van der Waals surface area contributed by atoms with Crippen LogP contribution in [0.15, 0.2) is 12.2 Å². The molecule has 2 bridgehead atoms. The molecule has 2 fully saturated rings. The molecule has 1 saturated carbocycles. The SMILES string of the molecule is O[C@H]1OC[C@@H]2[C@H]1[C@@H]1C=C[C@H]2C1. The second kappa shape index (κ2) is 1.87. The van der Waals surface area contributed by atoms with Crippen LogP contribution in [0.3, 0.4) is 0 Å². The van der Waals surface area contributed by atoms with Crippen LogP contribution in [0, 0.1) is 23.7 Å². The third-order valence-electron chi connectivity index (χ3n) is 3.48. The standard InChI is InChI=1S/C9H12O2/c10-9-8-6-2-1-5(3-6)7(8)4-11-9/h1-2,5-10H,3-4H2/t5-,6+,7-,8+,9-/m0/s1. The lowest BCUT2D eigenvalue weighted by molar-refractivity contribution is -0.0885. The van der Waals surface area contributed by atoms with Crippen molar-refractivity contribution in [1.82, 2.24) is 0 Å². The predicted octanol–water partition coefficient (Wildman–Crippen LogP) is 0.773. The number of aliphatic hydroxyl groups excluding tert-OH is 1. The van der Waals surface area contributed by atoms with Gasteiger partial charge in [0.1, 0.15) is 0 Å². The fourth-order valence-electron chi connectivity index (χ4n) is 2.94. The average molecular weight is 152 g/mol. The van der Waals surface area contributed by atoms with Crippen molar-refractivity contribution in [2.45, 2.75) is 12.7 Å². The zero-order valence-corrected chi connectivity index (χ0v) is 6.31. The maximum absolute atomic E-state index is 9.47. The molecule has 3 rings (SSSR count). The third kappa shape index (κ3) is 0.644. The zero-order chi connectivity index (χ0) is 7.42. The van der Waals surface area contributed by atoms with Crippen molar-refractivity contribution in [3.8, 4) is 0 Å². The highest BCUT2D eigenvalue weighted by Crippen LogP contribution is 2.52. The van der Waals surface area contributed by atoms with Crippen LogP contribution in [-0.2, 0) is 4.74 Å². The van der Waals surface area contributed by atoms with Gasteiger partial charge in [-0.3, -0.25) is 0 Å². The van der Waals surface area contributed by atoms with Crippen molar-refractivity contribution in [2.24, 2.45) is 23.7 Å². The molecule has 1 aliphatic heterocycles. The van der Waals surface area contributed by atoms with E-state index in [1.165, 1.54) is 6.42 Å². The molecule has 1 heterocycles. The number of hydrogen-bond acceptors (Lipinski definition) is 2. The first kappa shape index (κ1) is 6.21. The van der Waals surface area contributed by atoms with Gasteiger partial charge in [-0.05, 0) is 24.2 Å². The Kier molecular flexibility index (Phi) is 1.06. The van der Waals surface area contributed by atoms with Crippen LogP contribution in [0.25, 0.3) is 0 Å². The molecule has 0 spiro atoms. The van der Waals surface area contributed by atoms with Crippen LogP contribution >= 0.6 is 0 Å². The highest BCUT2D eigenvalue weighted by atomic mass is 16.6. The van der Waals surface area contributed by atoms with Gasteiger partial charge in [0.2, 0.25) is 0 Å². The Bertz CT molecular complexity index is 212. The van der Waals surface area contributed by atoms with Crippen LogP contribution in [-0.4, -0.2) is 18.0 Å². The lowest BCUT2D eigenvalue weighted by atomic mass is 9.85. The largest absolute Gasteiger partial charge is 0.368 e. The van der Waals surface area contributed by atoms with E-state index in [1.807, 2.05) is 0 Å². The lowest BCUT2D eigenvalue weighted by Gasteiger charge is -2.19. The predicted molar refractivity (Wildman–Crippen MR) is 39.7 cm³/mol. The number of hydrogen-bond donors (Lipinski definition) is 1. The van der Waals surface area contributed by atoms with Gasteiger partial charge in [-0.1, -0.05) is 12.2 Å². The quantitative estimate of drug-likeness (QED) is 0.519. The first-order valence-electron chi connectivity index (χ1n) is 4.34.